The Morgan fingerprint density at radius 2 is 2.33 bits per heavy atom. The van der Waals surface area contributed by atoms with Gasteiger partial charge < -0.3 is 11.1 Å². The van der Waals surface area contributed by atoms with Crippen molar-refractivity contribution < 1.29 is 0 Å². The first-order valence-electron chi connectivity index (χ1n) is 3.64. The van der Waals surface area contributed by atoms with Crippen molar-refractivity contribution in [1.29, 1.82) is 0 Å². The molecule has 0 aromatic heterocycles. The summed E-state index contributed by atoms with van der Waals surface area (Å²) in [6.07, 6.45) is 1.79. The minimum atomic E-state index is 0.723. The number of nitrogens with two attached hydrogens (primary N) is 1. The van der Waals surface area contributed by atoms with Gasteiger partial charge in [-0.3, -0.25) is 0 Å². The highest BCUT2D eigenvalue weighted by Crippen LogP contribution is 2.22. The number of halogens is 1. The van der Waals surface area contributed by atoms with E-state index in [2.05, 4.69) is 27.8 Å². The molecule has 0 fully saturated rings. The van der Waals surface area contributed by atoms with Crippen LogP contribution in [-0.2, 0) is 0 Å². The fourth-order valence-corrected chi connectivity index (χ4v) is 1.22. The molecule has 1 aromatic rings. The molecular formula is C9H11BrN2. The monoisotopic (exact) mass is 226 g/mol. The second-order valence-corrected chi connectivity index (χ2v) is 3.32. The van der Waals surface area contributed by atoms with Gasteiger partial charge in [-0.15, -0.1) is 6.58 Å². The molecular weight excluding hydrogens is 216 g/mol. The zero-order chi connectivity index (χ0) is 8.97. The topological polar surface area (TPSA) is 38.0 Å². The number of benzene rings is 1. The van der Waals surface area contributed by atoms with E-state index in [0.29, 0.717) is 0 Å². The maximum absolute atomic E-state index is 5.71. The van der Waals surface area contributed by atoms with Gasteiger partial charge in [-0.05, 0) is 18.2 Å². The number of nitrogen functional groups attached to an aromatic ring is 1. The van der Waals surface area contributed by atoms with Gasteiger partial charge in [-0.2, -0.15) is 0 Å². The summed E-state index contributed by atoms with van der Waals surface area (Å²) in [5.74, 6) is 0. The van der Waals surface area contributed by atoms with Gasteiger partial charge in [-0.25, -0.2) is 0 Å². The maximum atomic E-state index is 5.71. The molecule has 0 unspecified atom stereocenters. The molecule has 0 aliphatic carbocycles. The lowest BCUT2D eigenvalue weighted by Crippen LogP contribution is -2.01. The molecule has 0 aliphatic rings. The van der Waals surface area contributed by atoms with Crippen LogP contribution in [0.5, 0.6) is 0 Å². The Labute approximate surface area is 80.6 Å². The molecule has 0 saturated carbocycles. The van der Waals surface area contributed by atoms with Crippen LogP contribution in [0.1, 0.15) is 0 Å². The lowest BCUT2D eigenvalue weighted by molar-refractivity contribution is 1.34. The smallest absolute Gasteiger partial charge is 0.0587 e. The molecule has 2 nitrogen and oxygen atoms in total. The molecule has 0 saturated heterocycles. The summed E-state index contributed by atoms with van der Waals surface area (Å²) < 4.78 is 1.02. The molecule has 1 aromatic carbocycles. The van der Waals surface area contributed by atoms with E-state index in [9.17, 15) is 0 Å². The van der Waals surface area contributed by atoms with Gasteiger partial charge in [0.05, 0.1) is 11.4 Å². The third-order valence-electron chi connectivity index (χ3n) is 1.45. The highest BCUT2D eigenvalue weighted by atomic mass is 79.9. The first-order chi connectivity index (χ1) is 5.74. The van der Waals surface area contributed by atoms with E-state index in [1.54, 1.807) is 6.08 Å². The first-order valence-corrected chi connectivity index (χ1v) is 4.43. The lowest BCUT2D eigenvalue weighted by Gasteiger charge is -2.06. The standard InChI is InChI=1S/C9H11BrN2/c1-2-5-12-9-6-7(10)3-4-8(9)11/h2-4,6,12H,1,5,11H2. The lowest BCUT2D eigenvalue weighted by atomic mass is 10.3. The van der Waals surface area contributed by atoms with Crippen molar-refractivity contribution in [3.05, 3.63) is 35.3 Å². The molecule has 0 atom stereocenters. The quantitative estimate of drug-likeness (QED) is 0.615. The van der Waals surface area contributed by atoms with Gasteiger partial charge in [0, 0.05) is 11.0 Å². The Kier molecular flexibility index (Phi) is 3.17. The average molecular weight is 227 g/mol. The summed E-state index contributed by atoms with van der Waals surface area (Å²) in [5.41, 5.74) is 7.40. The van der Waals surface area contributed by atoms with Crippen LogP contribution < -0.4 is 11.1 Å². The minimum Gasteiger partial charge on any atom is -0.397 e. The van der Waals surface area contributed by atoms with E-state index in [1.165, 1.54) is 0 Å². The fraction of sp³-hybridized carbons (Fsp3) is 0.111. The second-order valence-electron chi connectivity index (χ2n) is 2.40. The highest BCUT2D eigenvalue weighted by Gasteiger charge is 1.96. The van der Waals surface area contributed by atoms with Crippen molar-refractivity contribution in [3.8, 4) is 0 Å². The Hall–Kier alpha value is -0.960. The van der Waals surface area contributed by atoms with E-state index in [4.69, 9.17) is 5.73 Å². The van der Waals surface area contributed by atoms with Crippen LogP contribution >= 0.6 is 15.9 Å². The number of anilines is 2. The van der Waals surface area contributed by atoms with Crippen molar-refractivity contribution in [2.24, 2.45) is 0 Å². The van der Waals surface area contributed by atoms with Gasteiger partial charge in [0.2, 0.25) is 0 Å². The Morgan fingerprint density at radius 1 is 1.58 bits per heavy atom. The normalized spacial score (nSPS) is 9.42. The SMILES string of the molecule is C=CCNc1cc(Br)ccc1N. The third-order valence-corrected chi connectivity index (χ3v) is 1.95. The van der Waals surface area contributed by atoms with Crippen molar-refractivity contribution >= 4 is 27.3 Å². The summed E-state index contributed by atoms with van der Waals surface area (Å²) >= 11 is 3.37. The van der Waals surface area contributed by atoms with Crippen LogP contribution in [0, 0.1) is 0 Å². The highest BCUT2D eigenvalue weighted by molar-refractivity contribution is 9.10. The maximum Gasteiger partial charge on any atom is 0.0587 e. The number of hydrogen-bond donors (Lipinski definition) is 2. The van der Waals surface area contributed by atoms with Crippen LogP contribution in [-0.4, -0.2) is 6.54 Å². The molecule has 3 heteroatoms. The van der Waals surface area contributed by atoms with Crippen LogP contribution in [0.3, 0.4) is 0 Å². The average Bonchev–Trinajstić information content (AvgIpc) is 2.07. The van der Waals surface area contributed by atoms with E-state index in [-0.39, 0.29) is 0 Å². The molecule has 0 amide bonds. The Bertz CT molecular complexity index is 284. The Balaban J connectivity index is 2.82. The van der Waals surface area contributed by atoms with Crippen molar-refractivity contribution in [2.45, 2.75) is 0 Å². The predicted molar refractivity (Wildman–Crippen MR) is 57.2 cm³/mol. The molecule has 0 aliphatic heterocycles. The molecule has 3 N–H and O–H groups in total. The van der Waals surface area contributed by atoms with Crippen LogP contribution in [0.15, 0.2) is 35.3 Å². The summed E-state index contributed by atoms with van der Waals surface area (Å²) in [5, 5.41) is 3.13. The van der Waals surface area contributed by atoms with E-state index >= 15 is 0 Å². The largest absolute Gasteiger partial charge is 0.397 e. The molecule has 0 radical (unpaired) electrons. The molecule has 0 heterocycles. The van der Waals surface area contributed by atoms with Crippen molar-refractivity contribution in [1.82, 2.24) is 0 Å². The summed E-state index contributed by atoms with van der Waals surface area (Å²) in [7, 11) is 0. The fourth-order valence-electron chi connectivity index (χ4n) is 0.864. The van der Waals surface area contributed by atoms with Crippen molar-refractivity contribution in [2.75, 3.05) is 17.6 Å². The van der Waals surface area contributed by atoms with Gasteiger partial charge in [-0.1, -0.05) is 22.0 Å². The summed E-state index contributed by atoms with van der Waals surface area (Å²) in [6, 6.07) is 5.71. The van der Waals surface area contributed by atoms with E-state index in [0.717, 1.165) is 22.4 Å². The van der Waals surface area contributed by atoms with Crippen molar-refractivity contribution in [3.63, 3.8) is 0 Å². The minimum absolute atomic E-state index is 0.723. The van der Waals surface area contributed by atoms with E-state index in [1.807, 2.05) is 18.2 Å². The first kappa shape index (κ1) is 9.13. The van der Waals surface area contributed by atoms with Crippen LogP contribution in [0.2, 0.25) is 0 Å². The van der Waals surface area contributed by atoms with Crippen LogP contribution in [0.4, 0.5) is 11.4 Å². The zero-order valence-corrected chi connectivity index (χ0v) is 8.26. The second kappa shape index (κ2) is 4.16. The molecule has 12 heavy (non-hydrogen) atoms. The zero-order valence-electron chi connectivity index (χ0n) is 6.68. The van der Waals surface area contributed by atoms with Crippen LogP contribution in [0.25, 0.3) is 0 Å². The molecule has 0 spiro atoms. The number of hydrogen-bond acceptors (Lipinski definition) is 2. The van der Waals surface area contributed by atoms with Gasteiger partial charge in [0.25, 0.3) is 0 Å². The molecule has 64 valence electrons. The third kappa shape index (κ3) is 2.27. The molecule has 0 bridgehead atoms. The van der Waals surface area contributed by atoms with Gasteiger partial charge in [0.15, 0.2) is 0 Å². The Morgan fingerprint density at radius 3 is 3.00 bits per heavy atom. The molecule has 1 rings (SSSR count). The predicted octanol–water partition coefficient (Wildman–Crippen LogP) is 2.63. The van der Waals surface area contributed by atoms with Gasteiger partial charge in [0.1, 0.15) is 0 Å². The van der Waals surface area contributed by atoms with E-state index < -0.39 is 0 Å². The number of nitrogens with one attached hydrogen (secondary N) is 1. The van der Waals surface area contributed by atoms with Gasteiger partial charge >= 0.3 is 0 Å². The number of rotatable bonds is 3. The summed E-state index contributed by atoms with van der Waals surface area (Å²) in [6.45, 7) is 4.34. The summed E-state index contributed by atoms with van der Waals surface area (Å²) in [4.78, 5) is 0.